The molecule has 0 unspecified atom stereocenters. The summed E-state index contributed by atoms with van der Waals surface area (Å²) in [5, 5.41) is 1.16. The maximum Gasteiger partial charge on any atom is 0.205 e. The zero-order chi connectivity index (χ0) is 9.54. The van der Waals surface area contributed by atoms with Crippen LogP contribution in [0.5, 0.6) is 0 Å². The van der Waals surface area contributed by atoms with Gasteiger partial charge in [-0.15, -0.1) is 0 Å². The molecule has 0 N–H and O–H groups in total. The predicted molar refractivity (Wildman–Crippen MR) is 57.8 cm³/mol. The number of piperidine rings is 1. The molecule has 0 amide bonds. The molecule has 0 aromatic carbocycles. The van der Waals surface area contributed by atoms with E-state index in [2.05, 4.69) is 21.2 Å². The Labute approximate surface area is 88.3 Å². The first-order chi connectivity index (χ1) is 6.88. The van der Waals surface area contributed by atoms with E-state index < -0.39 is 0 Å². The van der Waals surface area contributed by atoms with Crippen molar-refractivity contribution in [2.24, 2.45) is 5.92 Å². The summed E-state index contributed by atoms with van der Waals surface area (Å²) in [4.78, 5) is 7.04. The van der Waals surface area contributed by atoms with Crippen LogP contribution in [0.15, 0.2) is 0 Å². The first-order valence-corrected chi connectivity index (χ1v) is 6.25. The molecule has 1 saturated heterocycles. The number of anilines is 1. The van der Waals surface area contributed by atoms with Crippen LogP contribution in [-0.4, -0.2) is 21.9 Å². The Hall–Kier alpha value is -0.640. The van der Waals surface area contributed by atoms with Crippen molar-refractivity contribution >= 4 is 16.7 Å². The molecule has 1 saturated carbocycles. The molecule has 76 valence electrons. The van der Waals surface area contributed by atoms with Crippen LogP contribution >= 0.6 is 11.5 Å². The van der Waals surface area contributed by atoms with Gasteiger partial charge in [0.1, 0.15) is 5.82 Å². The summed E-state index contributed by atoms with van der Waals surface area (Å²) < 4.78 is 4.35. The van der Waals surface area contributed by atoms with Crippen LogP contribution in [0, 0.1) is 5.92 Å². The fourth-order valence-corrected chi connectivity index (χ4v) is 3.19. The summed E-state index contributed by atoms with van der Waals surface area (Å²) in [6, 6.07) is 0.807. The summed E-state index contributed by atoms with van der Waals surface area (Å²) in [7, 11) is 0. The lowest BCUT2D eigenvalue weighted by atomic mass is 10.1. The van der Waals surface area contributed by atoms with Gasteiger partial charge < -0.3 is 4.90 Å². The summed E-state index contributed by atoms with van der Waals surface area (Å²) in [6.45, 7) is 3.31. The lowest BCUT2D eigenvalue weighted by Crippen LogP contribution is -2.31. The number of hydrogen-bond donors (Lipinski definition) is 0. The number of rotatable bonds is 2. The lowest BCUT2D eigenvalue weighted by molar-refractivity contribution is 0.558. The number of hydrogen-bond acceptors (Lipinski definition) is 4. The molecule has 1 aliphatic heterocycles. The molecule has 0 bridgehead atoms. The van der Waals surface area contributed by atoms with Crippen molar-refractivity contribution in [1.29, 1.82) is 0 Å². The monoisotopic (exact) mass is 209 g/mol. The van der Waals surface area contributed by atoms with Gasteiger partial charge in [0.15, 0.2) is 0 Å². The van der Waals surface area contributed by atoms with Crippen LogP contribution in [0.3, 0.4) is 0 Å². The van der Waals surface area contributed by atoms with Gasteiger partial charge in [0.25, 0.3) is 0 Å². The number of fused-ring (bicyclic) bond motifs is 1. The third-order valence-corrected chi connectivity index (χ3v) is 4.07. The number of aromatic nitrogens is 2. The van der Waals surface area contributed by atoms with E-state index in [1.54, 1.807) is 11.5 Å². The van der Waals surface area contributed by atoms with E-state index >= 15 is 0 Å². The zero-order valence-electron chi connectivity index (χ0n) is 8.44. The summed E-state index contributed by atoms with van der Waals surface area (Å²) in [5.41, 5.74) is 0. The van der Waals surface area contributed by atoms with Crippen LogP contribution in [0.4, 0.5) is 5.13 Å². The predicted octanol–water partition coefficient (Wildman–Crippen LogP) is 2.09. The van der Waals surface area contributed by atoms with Crippen LogP contribution in [0.2, 0.25) is 0 Å². The normalized spacial score (nSPS) is 30.2. The third-order valence-electron chi connectivity index (χ3n) is 3.28. The molecule has 2 aliphatic rings. The van der Waals surface area contributed by atoms with Crippen LogP contribution in [0.1, 0.15) is 32.0 Å². The van der Waals surface area contributed by atoms with E-state index in [1.165, 1.54) is 25.8 Å². The highest BCUT2D eigenvalue weighted by atomic mass is 32.1. The summed E-state index contributed by atoms with van der Waals surface area (Å²) in [6.07, 6.45) is 5.11. The maximum absolute atomic E-state index is 4.56. The molecular weight excluding hydrogens is 194 g/mol. The third kappa shape index (κ3) is 1.32. The molecular formula is C10H15N3S. The molecule has 0 radical (unpaired) electrons. The Morgan fingerprint density at radius 1 is 1.57 bits per heavy atom. The Balaban J connectivity index is 1.80. The average Bonchev–Trinajstić information content (AvgIpc) is 2.86. The molecule has 3 rings (SSSR count). The van der Waals surface area contributed by atoms with Gasteiger partial charge in [-0.1, -0.05) is 6.92 Å². The van der Waals surface area contributed by atoms with Crippen molar-refractivity contribution in [2.75, 3.05) is 11.4 Å². The highest BCUT2D eigenvalue weighted by molar-refractivity contribution is 7.09. The molecule has 14 heavy (non-hydrogen) atoms. The van der Waals surface area contributed by atoms with Crippen LogP contribution < -0.4 is 4.90 Å². The van der Waals surface area contributed by atoms with Crippen molar-refractivity contribution in [3.8, 4) is 0 Å². The minimum atomic E-state index is 0.807. The van der Waals surface area contributed by atoms with Crippen LogP contribution in [-0.2, 0) is 6.42 Å². The molecule has 4 heteroatoms. The fourth-order valence-electron chi connectivity index (χ4n) is 2.36. The molecule has 0 spiro atoms. The second-order valence-corrected chi connectivity index (χ2v) is 4.98. The molecule has 2 fully saturated rings. The van der Waals surface area contributed by atoms with Gasteiger partial charge in [-0.3, -0.25) is 0 Å². The minimum absolute atomic E-state index is 0.807. The maximum atomic E-state index is 4.56. The first kappa shape index (κ1) is 8.65. The fraction of sp³-hybridized carbons (Fsp3) is 0.800. The quantitative estimate of drug-likeness (QED) is 0.747. The second kappa shape index (κ2) is 3.19. The van der Waals surface area contributed by atoms with E-state index in [-0.39, 0.29) is 0 Å². The standard InChI is InChI=1S/C10H15N3S/c1-2-9-11-10(14-12-9)13-5-3-4-7-6-8(7)13/h7-8H,2-6H2,1H3/t7-,8-/m1/s1. The van der Waals surface area contributed by atoms with E-state index in [4.69, 9.17) is 0 Å². The molecule has 1 aromatic rings. The molecule has 2 atom stereocenters. The van der Waals surface area contributed by atoms with Gasteiger partial charge in [0, 0.05) is 30.5 Å². The largest absolute Gasteiger partial charge is 0.344 e. The van der Waals surface area contributed by atoms with Crippen molar-refractivity contribution in [3.05, 3.63) is 5.82 Å². The highest BCUT2D eigenvalue weighted by Crippen LogP contribution is 2.45. The van der Waals surface area contributed by atoms with Crippen molar-refractivity contribution in [1.82, 2.24) is 9.36 Å². The molecule has 2 heterocycles. The van der Waals surface area contributed by atoms with Gasteiger partial charge in [0.2, 0.25) is 5.13 Å². The van der Waals surface area contributed by atoms with Crippen molar-refractivity contribution < 1.29 is 0 Å². The zero-order valence-corrected chi connectivity index (χ0v) is 9.26. The molecule has 1 aromatic heterocycles. The van der Waals surface area contributed by atoms with Crippen molar-refractivity contribution in [2.45, 2.75) is 38.6 Å². The van der Waals surface area contributed by atoms with E-state index in [9.17, 15) is 0 Å². The Kier molecular flexibility index (Phi) is 1.97. The Bertz CT molecular complexity index is 336. The molecule has 1 aliphatic carbocycles. The van der Waals surface area contributed by atoms with Crippen molar-refractivity contribution in [3.63, 3.8) is 0 Å². The van der Waals surface area contributed by atoms with Gasteiger partial charge in [-0.05, 0) is 25.2 Å². The number of nitrogens with zero attached hydrogens (tertiary/aromatic N) is 3. The van der Waals surface area contributed by atoms with E-state index in [0.29, 0.717) is 0 Å². The van der Waals surface area contributed by atoms with Crippen LogP contribution in [0.25, 0.3) is 0 Å². The number of aryl methyl sites for hydroxylation is 1. The Morgan fingerprint density at radius 2 is 2.50 bits per heavy atom. The smallest absolute Gasteiger partial charge is 0.205 e. The average molecular weight is 209 g/mol. The van der Waals surface area contributed by atoms with E-state index in [1.807, 2.05) is 0 Å². The second-order valence-electron chi connectivity index (χ2n) is 4.25. The van der Waals surface area contributed by atoms with Gasteiger partial charge >= 0.3 is 0 Å². The summed E-state index contributed by atoms with van der Waals surface area (Å²) in [5.74, 6) is 1.98. The molecule has 3 nitrogen and oxygen atoms in total. The highest BCUT2D eigenvalue weighted by Gasteiger charge is 2.45. The Morgan fingerprint density at radius 3 is 3.29 bits per heavy atom. The SMILES string of the molecule is CCc1nsc(N2CCC[C@@H]3C[C@H]32)n1. The minimum Gasteiger partial charge on any atom is -0.344 e. The van der Waals surface area contributed by atoms with Gasteiger partial charge in [-0.25, -0.2) is 4.98 Å². The van der Waals surface area contributed by atoms with Gasteiger partial charge in [-0.2, -0.15) is 4.37 Å². The topological polar surface area (TPSA) is 29.0 Å². The first-order valence-electron chi connectivity index (χ1n) is 5.47. The van der Waals surface area contributed by atoms with Gasteiger partial charge in [0.05, 0.1) is 0 Å². The summed E-state index contributed by atoms with van der Waals surface area (Å²) >= 11 is 1.58. The van der Waals surface area contributed by atoms with E-state index in [0.717, 1.165) is 29.3 Å². The lowest BCUT2D eigenvalue weighted by Gasteiger charge is -2.25.